The standard InChI is InChI=1S/C24H26N2O5S/c1-4-29-17-8-6-7-14-12-16(21(25)31-20(14)17)22(27)26-23-19(24(28)30-5-2)15-10-9-13(3)11-18(15)32-23/h6-8,12-13,25H,4-5,9-11H2,1-3H3,(H,26,27). The molecule has 0 bridgehead atoms. The molecule has 1 unspecified atom stereocenters. The zero-order chi connectivity index (χ0) is 22.8. The maximum atomic E-state index is 13.1. The Kier molecular flexibility index (Phi) is 6.32. The molecule has 3 aromatic rings. The fourth-order valence-electron chi connectivity index (χ4n) is 4.00. The summed E-state index contributed by atoms with van der Waals surface area (Å²) in [7, 11) is 0. The SMILES string of the molecule is CCOC(=O)c1c(NC(=O)c2cc3cccc(OCC)c3oc2=N)sc2c1CCC(C)C2. The predicted octanol–water partition coefficient (Wildman–Crippen LogP) is 4.93. The normalized spacial score (nSPS) is 15.3. The minimum atomic E-state index is -0.500. The number of para-hydroxylation sites is 1. The van der Waals surface area contributed by atoms with Crippen LogP contribution in [0, 0.1) is 11.3 Å². The summed E-state index contributed by atoms with van der Waals surface area (Å²) in [5.41, 5.74) is 1.65. The van der Waals surface area contributed by atoms with Crippen molar-refractivity contribution >= 4 is 39.2 Å². The summed E-state index contributed by atoms with van der Waals surface area (Å²) in [4.78, 5) is 26.9. The van der Waals surface area contributed by atoms with Crippen LogP contribution in [0.15, 0.2) is 28.7 Å². The van der Waals surface area contributed by atoms with Crippen molar-refractivity contribution in [2.75, 3.05) is 18.5 Å². The molecule has 1 aliphatic carbocycles. The lowest BCUT2D eigenvalue weighted by Crippen LogP contribution is -2.22. The van der Waals surface area contributed by atoms with Crippen molar-refractivity contribution in [3.05, 3.63) is 51.4 Å². The Balaban J connectivity index is 1.71. The monoisotopic (exact) mass is 454 g/mol. The van der Waals surface area contributed by atoms with Gasteiger partial charge < -0.3 is 19.2 Å². The molecule has 1 aliphatic rings. The number of nitrogens with one attached hydrogen (secondary N) is 2. The molecule has 168 valence electrons. The minimum Gasteiger partial charge on any atom is -0.490 e. The Hall–Kier alpha value is -3.13. The molecule has 4 rings (SSSR count). The van der Waals surface area contributed by atoms with Gasteiger partial charge in [-0.05, 0) is 56.7 Å². The molecule has 1 amide bonds. The number of anilines is 1. The van der Waals surface area contributed by atoms with Gasteiger partial charge in [0.25, 0.3) is 5.91 Å². The summed E-state index contributed by atoms with van der Waals surface area (Å²) in [6.07, 6.45) is 2.65. The Labute approximate surface area is 189 Å². The summed E-state index contributed by atoms with van der Waals surface area (Å²) in [5, 5.41) is 12.2. The van der Waals surface area contributed by atoms with Crippen LogP contribution < -0.4 is 15.6 Å². The first-order valence-electron chi connectivity index (χ1n) is 10.8. The van der Waals surface area contributed by atoms with Gasteiger partial charge in [-0.15, -0.1) is 11.3 Å². The van der Waals surface area contributed by atoms with E-state index in [1.54, 1.807) is 25.1 Å². The second kappa shape index (κ2) is 9.16. The van der Waals surface area contributed by atoms with Crippen LogP contribution in [-0.2, 0) is 17.6 Å². The molecule has 0 radical (unpaired) electrons. The topological polar surface area (TPSA) is 102 Å². The van der Waals surface area contributed by atoms with Crippen molar-refractivity contribution in [1.82, 2.24) is 0 Å². The number of hydrogen-bond acceptors (Lipinski definition) is 7. The van der Waals surface area contributed by atoms with Crippen LogP contribution in [0.4, 0.5) is 5.00 Å². The van der Waals surface area contributed by atoms with Gasteiger partial charge in [-0.1, -0.05) is 19.1 Å². The molecule has 0 aliphatic heterocycles. The van der Waals surface area contributed by atoms with E-state index in [-0.39, 0.29) is 17.7 Å². The van der Waals surface area contributed by atoms with Crippen molar-refractivity contribution in [1.29, 1.82) is 5.41 Å². The number of ether oxygens (including phenoxy) is 2. The van der Waals surface area contributed by atoms with Crippen molar-refractivity contribution in [2.24, 2.45) is 5.92 Å². The van der Waals surface area contributed by atoms with E-state index in [1.807, 2.05) is 13.0 Å². The number of hydrogen-bond donors (Lipinski definition) is 2. The summed E-state index contributed by atoms with van der Waals surface area (Å²) >= 11 is 1.42. The number of carbonyl (C=O) groups excluding carboxylic acids is 2. The Morgan fingerprint density at radius 3 is 2.84 bits per heavy atom. The minimum absolute atomic E-state index is 0.0840. The van der Waals surface area contributed by atoms with Crippen molar-refractivity contribution in [3.8, 4) is 5.75 Å². The van der Waals surface area contributed by atoms with Gasteiger partial charge in [-0.25, -0.2) is 4.79 Å². The summed E-state index contributed by atoms with van der Waals surface area (Å²) in [6.45, 7) is 6.53. The van der Waals surface area contributed by atoms with Crippen LogP contribution in [0.5, 0.6) is 5.75 Å². The average Bonchev–Trinajstić information content (AvgIpc) is 3.10. The fraction of sp³-hybridized carbons (Fsp3) is 0.375. The highest BCUT2D eigenvalue weighted by Crippen LogP contribution is 2.40. The molecule has 8 heteroatoms. The molecular formula is C24H26N2O5S. The molecule has 2 aromatic heterocycles. The van der Waals surface area contributed by atoms with Crippen molar-refractivity contribution in [3.63, 3.8) is 0 Å². The van der Waals surface area contributed by atoms with E-state index in [0.29, 0.717) is 39.8 Å². The molecule has 0 saturated heterocycles. The zero-order valence-electron chi connectivity index (χ0n) is 18.4. The van der Waals surface area contributed by atoms with Gasteiger partial charge >= 0.3 is 5.97 Å². The van der Waals surface area contributed by atoms with Gasteiger partial charge in [0.05, 0.1) is 18.8 Å². The second-order valence-electron chi connectivity index (χ2n) is 7.83. The van der Waals surface area contributed by atoms with Crippen LogP contribution in [0.1, 0.15) is 58.3 Å². The first kappa shape index (κ1) is 22.1. The number of rotatable bonds is 6. The van der Waals surface area contributed by atoms with Gasteiger partial charge in [0.1, 0.15) is 10.6 Å². The second-order valence-corrected chi connectivity index (χ2v) is 8.93. The third kappa shape index (κ3) is 4.14. The first-order chi connectivity index (χ1) is 15.4. The van der Waals surface area contributed by atoms with Gasteiger partial charge in [0.15, 0.2) is 11.3 Å². The molecule has 7 nitrogen and oxygen atoms in total. The maximum Gasteiger partial charge on any atom is 0.341 e. The van der Waals surface area contributed by atoms with Gasteiger partial charge in [0.2, 0.25) is 5.55 Å². The number of carbonyl (C=O) groups is 2. The number of fused-ring (bicyclic) bond motifs is 2. The van der Waals surface area contributed by atoms with Crippen LogP contribution in [0.2, 0.25) is 0 Å². The molecule has 1 aromatic carbocycles. The lowest BCUT2D eigenvalue weighted by molar-refractivity contribution is 0.0526. The number of thiophene rings is 1. The van der Waals surface area contributed by atoms with E-state index >= 15 is 0 Å². The highest BCUT2D eigenvalue weighted by atomic mass is 32.1. The van der Waals surface area contributed by atoms with E-state index in [0.717, 1.165) is 29.7 Å². The van der Waals surface area contributed by atoms with Crippen LogP contribution >= 0.6 is 11.3 Å². The van der Waals surface area contributed by atoms with E-state index in [9.17, 15) is 9.59 Å². The third-order valence-corrected chi connectivity index (χ3v) is 6.69. The quantitative estimate of drug-likeness (QED) is 0.515. The van der Waals surface area contributed by atoms with Crippen LogP contribution in [-0.4, -0.2) is 25.1 Å². The van der Waals surface area contributed by atoms with Gasteiger partial charge in [-0.2, -0.15) is 0 Å². The summed E-state index contributed by atoms with van der Waals surface area (Å²) in [6, 6.07) is 6.98. The first-order valence-corrected chi connectivity index (χ1v) is 11.6. The fourth-order valence-corrected chi connectivity index (χ4v) is 5.39. The van der Waals surface area contributed by atoms with Gasteiger partial charge in [-0.3, -0.25) is 10.2 Å². The predicted molar refractivity (Wildman–Crippen MR) is 123 cm³/mol. The third-order valence-electron chi connectivity index (χ3n) is 5.52. The lowest BCUT2D eigenvalue weighted by Gasteiger charge is -2.18. The van der Waals surface area contributed by atoms with Crippen LogP contribution in [0.3, 0.4) is 0 Å². The lowest BCUT2D eigenvalue weighted by atomic mass is 9.88. The molecule has 0 spiro atoms. The smallest absolute Gasteiger partial charge is 0.341 e. The van der Waals surface area contributed by atoms with E-state index < -0.39 is 11.9 Å². The Morgan fingerprint density at radius 1 is 1.28 bits per heavy atom. The van der Waals surface area contributed by atoms with Crippen molar-refractivity contribution in [2.45, 2.75) is 40.0 Å². The molecule has 2 heterocycles. The van der Waals surface area contributed by atoms with Crippen molar-refractivity contribution < 1.29 is 23.5 Å². The number of esters is 1. The molecule has 2 N–H and O–H groups in total. The number of benzene rings is 1. The largest absolute Gasteiger partial charge is 0.490 e. The summed E-state index contributed by atoms with van der Waals surface area (Å²) in [5.74, 6) is 0.124. The maximum absolute atomic E-state index is 13.1. The van der Waals surface area contributed by atoms with E-state index in [2.05, 4.69) is 12.2 Å². The highest BCUT2D eigenvalue weighted by Gasteiger charge is 2.29. The van der Waals surface area contributed by atoms with Crippen LogP contribution in [0.25, 0.3) is 11.0 Å². The summed E-state index contributed by atoms with van der Waals surface area (Å²) < 4.78 is 16.5. The molecular weight excluding hydrogens is 428 g/mol. The van der Waals surface area contributed by atoms with E-state index in [4.69, 9.17) is 19.3 Å². The number of amides is 1. The highest BCUT2D eigenvalue weighted by molar-refractivity contribution is 7.17. The molecule has 1 atom stereocenters. The molecule has 32 heavy (non-hydrogen) atoms. The zero-order valence-corrected chi connectivity index (χ0v) is 19.2. The Morgan fingerprint density at radius 2 is 2.09 bits per heavy atom. The van der Waals surface area contributed by atoms with Gasteiger partial charge in [0, 0.05) is 10.3 Å². The molecule has 0 saturated carbocycles. The average molecular weight is 455 g/mol. The molecule has 0 fully saturated rings. The van der Waals surface area contributed by atoms with E-state index in [1.165, 1.54) is 11.3 Å². The Bertz CT molecular complexity index is 1240.